The summed E-state index contributed by atoms with van der Waals surface area (Å²) < 4.78 is 23.1. The molecular formula is C17H23ClN2O4S. The number of amides is 2. The predicted molar refractivity (Wildman–Crippen MR) is 98.7 cm³/mol. The largest absolute Gasteiger partial charge is 0.342 e. The van der Waals surface area contributed by atoms with E-state index in [9.17, 15) is 18.0 Å². The highest BCUT2D eigenvalue weighted by molar-refractivity contribution is 7.91. The summed E-state index contributed by atoms with van der Waals surface area (Å²) in [5.41, 5.74) is 1.46. The van der Waals surface area contributed by atoms with Crippen molar-refractivity contribution in [2.24, 2.45) is 0 Å². The van der Waals surface area contributed by atoms with Crippen LogP contribution in [0.5, 0.6) is 0 Å². The van der Waals surface area contributed by atoms with Crippen molar-refractivity contribution >= 4 is 38.9 Å². The molecule has 6 nitrogen and oxygen atoms in total. The van der Waals surface area contributed by atoms with Gasteiger partial charge >= 0.3 is 0 Å². The number of rotatable bonds is 5. The van der Waals surface area contributed by atoms with E-state index in [0.717, 1.165) is 5.56 Å². The average Bonchev–Trinajstić information content (AvgIpc) is 2.90. The Bertz CT molecular complexity index is 779. The Morgan fingerprint density at radius 2 is 2.00 bits per heavy atom. The highest BCUT2D eigenvalue weighted by Gasteiger charge is 2.32. The van der Waals surface area contributed by atoms with Gasteiger partial charge in [-0.05, 0) is 31.0 Å². The Morgan fingerprint density at radius 3 is 2.56 bits per heavy atom. The first-order chi connectivity index (χ1) is 11.6. The van der Waals surface area contributed by atoms with Gasteiger partial charge < -0.3 is 9.80 Å². The Balaban J connectivity index is 2.05. The van der Waals surface area contributed by atoms with Gasteiger partial charge in [0.15, 0.2) is 9.84 Å². The minimum atomic E-state index is -3.05. The summed E-state index contributed by atoms with van der Waals surface area (Å²) in [5.74, 6) is -0.215. The van der Waals surface area contributed by atoms with Crippen molar-refractivity contribution in [2.75, 3.05) is 30.0 Å². The second kappa shape index (κ2) is 7.74. The summed E-state index contributed by atoms with van der Waals surface area (Å²) >= 11 is 6.12. The number of halogens is 1. The summed E-state index contributed by atoms with van der Waals surface area (Å²) in [7, 11) is -1.42. The number of nitrogens with zero attached hydrogens (tertiary/aromatic N) is 2. The number of hydrogen-bond donors (Lipinski definition) is 0. The van der Waals surface area contributed by atoms with Crippen molar-refractivity contribution in [3.8, 4) is 0 Å². The molecule has 0 aliphatic carbocycles. The molecule has 1 unspecified atom stereocenters. The third-order valence-electron chi connectivity index (χ3n) is 4.61. The van der Waals surface area contributed by atoms with E-state index in [4.69, 9.17) is 11.6 Å². The molecule has 25 heavy (non-hydrogen) atoms. The molecule has 0 aromatic heterocycles. The molecule has 1 fully saturated rings. The van der Waals surface area contributed by atoms with Crippen LogP contribution in [0.15, 0.2) is 18.2 Å². The number of sulfone groups is 1. The lowest BCUT2D eigenvalue weighted by atomic mass is 10.1. The predicted octanol–water partition coefficient (Wildman–Crippen LogP) is 2.04. The van der Waals surface area contributed by atoms with E-state index in [2.05, 4.69) is 0 Å². The van der Waals surface area contributed by atoms with Crippen molar-refractivity contribution in [1.29, 1.82) is 0 Å². The van der Waals surface area contributed by atoms with Crippen LogP contribution >= 0.6 is 11.6 Å². The summed E-state index contributed by atoms with van der Waals surface area (Å²) in [6.45, 7) is 3.49. The number of anilines is 1. The lowest BCUT2D eigenvalue weighted by Crippen LogP contribution is -2.40. The summed E-state index contributed by atoms with van der Waals surface area (Å²) in [4.78, 5) is 27.4. The molecular weight excluding hydrogens is 364 g/mol. The molecule has 1 aliphatic rings. The maximum atomic E-state index is 12.4. The maximum Gasteiger partial charge on any atom is 0.224 e. The fraction of sp³-hybridized carbons (Fsp3) is 0.529. The standard InChI is InChI=1S/C17H23ClN2O4S/c1-12-15(18)5-4-6-16(12)20(13(2)21)9-7-17(22)19(3)14-8-10-25(23,24)11-14/h4-6,14H,7-11H2,1-3H3. The molecule has 1 heterocycles. The van der Waals surface area contributed by atoms with Crippen LogP contribution in [0.4, 0.5) is 5.69 Å². The molecule has 1 atom stereocenters. The van der Waals surface area contributed by atoms with Crippen molar-refractivity contribution < 1.29 is 18.0 Å². The third-order valence-corrected chi connectivity index (χ3v) is 6.77. The fourth-order valence-corrected chi connectivity index (χ4v) is 4.95. The molecule has 1 aliphatic heterocycles. The van der Waals surface area contributed by atoms with Crippen LogP contribution in [0, 0.1) is 6.92 Å². The Morgan fingerprint density at radius 1 is 1.32 bits per heavy atom. The second-order valence-corrected chi connectivity index (χ2v) is 9.00. The number of carbonyl (C=O) groups excluding carboxylic acids is 2. The van der Waals surface area contributed by atoms with Crippen molar-refractivity contribution in [3.05, 3.63) is 28.8 Å². The van der Waals surface area contributed by atoms with E-state index < -0.39 is 9.84 Å². The quantitative estimate of drug-likeness (QED) is 0.776. The average molecular weight is 387 g/mol. The van der Waals surface area contributed by atoms with Crippen LogP contribution in [0.1, 0.15) is 25.3 Å². The van der Waals surface area contributed by atoms with Crippen molar-refractivity contribution in [1.82, 2.24) is 4.90 Å². The van der Waals surface area contributed by atoms with Crippen molar-refractivity contribution in [2.45, 2.75) is 32.7 Å². The topological polar surface area (TPSA) is 74.8 Å². The molecule has 2 rings (SSSR count). The summed E-state index contributed by atoms with van der Waals surface area (Å²) in [5, 5.41) is 0.559. The van der Waals surface area contributed by atoms with Gasteiger partial charge in [-0.25, -0.2) is 8.42 Å². The minimum Gasteiger partial charge on any atom is -0.342 e. The van der Waals surface area contributed by atoms with Crippen LogP contribution in [0.25, 0.3) is 0 Å². The van der Waals surface area contributed by atoms with Crippen LogP contribution in [0.2, 0.25) is 5.02 Å². The molecule has 1 saturated heterocycles. The Labute approximate surface area is 153 Å². The monoisotopic (exact) mass is 386 g/mol. The van der Waals surface area contributed by atoms with Gasteiger partial charge in [0.25, 0.3) is 0 Å². The highest BCUT2D eigenvalue weighted by Crippen LogP contribution is 2.27. The summed E-state index contributed by atoms with van der Waals surface area (Å²) in [6.07, 6.45) is 0.590. The zero-order valence-electron chi connectivity index (χ0n) is 14.7. The molecule has 0 radical (unpaired) electrons. The van der Waals surface area contributed by atoms with Gasteiger partial charge in [-0.3, -0.25) is 9.59 Å². The van der Waals surface area contributed by atoms with E-state index >= 15 is 0 Å². The van der Waals surface area contributed by atoms with Gasteiger partial charge in [-0.1, -0.05) is 17.7 Å². The van der Waals surface area contributed by atoms with E-state index in [-0.39, 0.29) is 42.3 Å². The Hall–Kier alpha value is -1.60. The fourth-order valence-electron chi connectivity index (χ4n) is 3.00. The number of hydrogen-bond acceptors (Lipinski definition) is 4. The minimum absolute atomic E-state index is 0.0130. The maximum absolute atomic E-state index is 12.4. The first-order valence-corrected chi connectivity index (χ1v) is 10.3. The van der Waals surface area contributed by atoms with Gasteiger partial charge in [0, 0.05) is 43.7 Å². The molecule has 138 valence electrons. The first kappa shape index (κ1) is 19.7. The normalized spacial score (nSPS) is 18.8. The van der Waals surface area contributed by atoms with Crippen LogP contribution < -0.4 is 4.90 Å². The molecule has 1 aromatic carbocycles. The summed E-state index contributed by atoms with van der Waals surface area (Å²) in [6, 6.07) is 5.02. The molecule has 0 saturated carbocycles. The SMILES string of the molecule is CC(=O)N(CCC(=O)N(C)C1CCS(=O)(=O)C1)c1cccc(Cl)c1C. The smallest absolute Gasteiger partial charge is 0.224 e. The molecule has 0 N–H and O–H groups in total. The van der Waals surface area contributed by atoms with E-state index in [1.54, 1.807) is 25.2 Å². The molecule has 2 amide bonds. The van der Waals surface area contributed by atoms with Gasteiger partial charge in [-0.15, -0.1) is 0 Å². The van der Waals surface area contributed by atoms with Gasteiger partial charge in [-0.2, -0.15) is 0 Å². The number of benzene rings is 1. The van der Waals surface area contributed by atoms with Gasteiger partial charge in [0.1, 0.15) is 0 Å². The first-order valence-electron chi connectivity index (χ1n) is 8.11. The zero-order chi connectivity index (χ0) is 18.8. The van der Waals surface area contributed by atoms with Crippen LogP contribution in [0.3, 0.4) is 0 Å². The lowest BCUT2D eigenvalue weighted by molar-refractivity contribution is -0.131. The van der Waals surface area contributed by atoms with Crippen LogP contribution in [-0.4, -0.2) is 56.3 Å². The van der Waals surface area contributed by atoms with E-state index in [1.807, 2.05) is 6.92 Å². The van der Waals surface area contributed by atoms with Crippen LogP contribution in [-0.2, 0) is 19.4 Å². The van der Waals surface area contributed by atoms with Gasteiger partial charge in [0.05, 0.1) is 11.5 Å². The van der Waals surface area contributed by atoms with E-state index in [0.29, 0.717) is 17.1 Å². The lowest BCUT2D eigenvalue weighted by Gasteiger charge is -2.27. The van der Waals surface area contributed by atoms with E-state index in [1.165, 1.54) is 16.7 Å². The molecule has 8 heteroatoms. The number of carbonyl (C=O) groups is 2. The third kappa shape index (κ3) is 4.73. The van der Waals surface area contributed by atoms with Gasteiger partial charge in [0.2, 0.25) is 11.8 Å². The Kier molecular flexibility index (Phi) is 6.11. The van der Waals surface area contributed by atoms with Crippen molar-refractivity contribution in [3.63, 3.8) is 0 Å². The molecule has 0 spiro atoms. The molecule has 0 bridgehead atoms. The zero-order valence-corrected chi connectivity index (χ0v) is 16.2. The second-order valence-electron chi connectivity index (χ2n) is 6.37. The highest BCUT2D eigenvalue weighted by atomic mass is 35.5. The molecule has 1 aromatic rings.